The Balaban J connectivity index is 2.22. The summed E-state index contributed by atoms with van der Waals surface area (Å²) in [7, 11) is 0. The highest BCUT2D eigenvalue weighted by molar-refractivity contribution is 9.10. The van der Waals surface area contributed by atoms with E-state index in [0.717, 1.165) is 16.5 Å². The van der Waals surface area contributed by atoms with Crippen LogP contribution >= 0.6 is 15.9 Å². The zero-order valence-corrected chi connectivity index (χ0v) is 14.1. The third-order valence-corrected chi connectivity index (χ3v) is 3.77. The van der Waals surface area contributed by atoms with Crippen molar-refractivity contribution >= 4 is 33.6 Å². The van der Waals surface area contributed by atoms with E-state index in [0.29, 0.717) is 11.3 Å². The molecular weight excluding hydrogens is 356 g/mol. The van der Waals surface area contributed by atoms with Crippen LogP contribution in [0.3, 0.4) is 0 Å². The monoisotopic (exact) mass is 370 g/mol. The molecule has 2 aromatic rings. The second kappa shape index (κ2) is 7.61. The lowest BCUT2D eigenvalue weighted by atomic mass is 10.1. The molecule has 0 aromatic heterocycles. The number of halogens is 1. The fourth-order valence-electron chi connectivity index (χ4n) is 1.97. The van der Waals surface area contributed by atoms with Gasteiger partial charge < -0.3 is 10.4 Å². The van der Waals surface area contributed by atoms with Crippen molar-refractivity contribution in [3.8, 4) is 11.8 Å². The lowest BCUT2D eigenvalue weighted by Gasteiger charge is -2.06. The summed E-state index contributed by atoms with van der Waals surface area (Å²) in [6, 6.07) is 14.1. The molecule has 2 rings (SSSR count). The summed E-state index contributed by atoms with van der Waals surface area (Å²) < 4.78 is 0.745. The predicted molar refractivity (Wildman–Crippen MR) is 93.8 cm³/mol. The van der Waals surface area contributed by atoms with E-state index in [9.17, 15) is 15.2 Å². The zero-order chi connectivity index (χ0) is 16.8. The number of phenols is 1. The van der Waals surface area contributed by atoms with Crippen molar-refractivity contribution in [3.05, 3.63) is 63.6 Å². The van der Waals surface area contributed by atoms with Gasteiger partial charge in [-0.05, 0) is 48.4 Å². The van der Waals surface area contributed by atoms with E-state index in [4.69, 9.17) is 0 Å². The summed E-state index contributed by atoms with van der Waals surface area (Å²) in [5.74, 6) is -0.517. The van der Waals surface area contributed by atoms with Gasteiger partial charge in [-0.2, -0.15) is 5.26 Å². The number of carbonyl (C=O) groups excluding carboxylic acids is 1. The third kappa shape index (κ3) is 4.44. The first kappa shape index (κ1) is 16.8. The van der Waals surface area contributed by atoms with Crippen LogP contribution in [0.1, 0.15) is 18.1 Å². The molecule has 0 aliphatic heterocycles. The number of nitrogens with one attached hydrogen (secondary N) is 1. The molecule has 0 spiro atoms. The normalized spacial score (nSPS) is 10.9. The Bertz CT molecular complexity index is 790. The van der Waals surface area contributed by atoms with Crippen LogP contribution in [0.5, 0.6) is 5.75 Å². The number of phenolic OH excluding ortho intramolecular Hbond substituents is 1. The Morgan fingerprint density at radius 3 is 2.61 bits per heavy atom. The molecule has 4 nitrogen and oxygen atoms in total. The van der Waals surface area contributed by atoms with Crippen LogP contribution in [0.15, 0.2) is 52.5 Å². The van der Waals surface area contributed by atoms with Crippen LogP contribution in [0.2, 0.25) is 0 Å². The van der Waals surface area contributed by atoms with Gasteiger partial charge in [0.1, 0.15) is 17.4 Å². The number of anilines is 1. The van der Waals surface area contributed by atoms with Crippen LogP contribution in [0.25, 0.3) is 6.08 Å². The highest BCUT2D eigenvalue weighted by atomic mass is 79.9. The van der Waals surface area contributed by atoms with Crippen LogP contribution < -0.4 is 5.32 Å². The average molecular weight is 371 g/mol. The number of amides is 1. The second-order valence-corrected chi connectivity index (χ2v) is 5.79. The predicted octanol–water partition coefficient (Wildman–Crippen LogP) is 4.26. The minimum Gasteiger partial charge on any atom is -0.507 e. The van der Waals surface area contributed by atoms with Crippen molar-refractivity contribution in [1.29, 1.82) is 5.26 Å². The SMILES string of the molecule is CCc1ccc(NC(=O)/C(C#N)=C/c2cc(Br)ccc2O)cc1. The van der Waals surface area contributed by atoms with Crippen LogP contribution in [-0.4, -0.2) is 11.0 Å². The summed E-state index contributed by atoms with van der Waals surface area (Å²) in [5, 5.41) is 21.7. The Hall–Kier alpha value is -2.58. The average Bonchev–Trinajstić information content (AvgIpc) is 2.56. The second-order valence-electron chi connectivity index (χ2n) is 4.88. The third-order valence-electron chi connectivity index (χ3n) is 3.27. The molecule has 0 radical (unpaired) electrons. The molecule has 1 amide bonds. The van der Waals surface area contributed by atoms with Gasteiger partial charge in [-0.15, -0.1) is 0 Å². The quantitative estimate of drug-likeness (QED) is 0.623. The van der Waals surface area contributed by atoms with Crippen molar-refractivity contribution < 1.29 is 9.90 Å². The first-order chi connectivity index (χ1) is 11.0. The van der Waals surface area contributed by atoms with Crippen LogP contribution in [-0.2, 0) is 11.2 Å². The maximum atomic E-state index is 12.2. The van der Waals surface area contributed by atoms with Gasteiger partial charge in [0.15, 0.2) is 0 Å². The number of carbonyl (C=O) groups is 1. The fraction of sp³-hybridized carbons (Fsp3) is 0.111. The van der Waals surface area contributed by atoms with Crippen molar-refractivity contribution in [2.45, 2.75) is 13.3 Å². The first-order valence-electron chi connectivity index (χ1n) is 7.04. The number of nitriles is 1. The molecule has 0 unspecified atom stereocenters. The van der Waals surface area contributed by atoms with Crippen molar-refractivity contribution in [2.75, 3.05) is 5.32 Å². The van der Waals surface area contributed by atoms with Gasteiger partial charge >= 0.3 is 0 Å². The molecule has 0 aliphatic carbocycles. The van der Waals surface area contributed by atoms with Crippen molar-refractivity contribution in [1.82, 2.24) is 0 Å². The van der Waals surface area contributed by atoms with E-state index in [-0.39, 0.29) is 11.3 Å². The largest absolute Gasteiger partial charge is 0.507 e. The van der Waals surface area contributed by atoms with E-state index >= 15 is 0 Å². The van der Waals surface area contributed by atoms with Crippen molar-refractivity contribution in [3.63, 3.8) is 0 Å². The van der Waals surface area contributed by atoms with Gasteiger partial charge in [0.2, 0.25) is 0 Å². The summed E-state index contributed by atoms with van der Waals surface area (Å²) in [4.78, 5) is 12.2. The fourth-order valence-corrected chi connectivity index (χ4v) is 2.35. The van der Waals surface area contributed by atoms with E-state index in [1.54, 1.807) is 24.3 Å². The summed E-state index contributed by atoms with van der Waals surface area (Å²) in [5.41, 5.74) is 2.09. The lowest BCUT2D eigenvalue weighted by Crippen LogP contribution is -2.13. The number of aromatic hydroxyl groups is 1. The van der Waals surface area contributed by atoms with Gasteiger partial charge in [-0.3, -0.25) is 4.79 Å². The Morgan fingerprint density at radius 2 is 2.00 bits per heavy atom. The van der Waals surface area contributed by atoms with E-state index in [2.05, 4.69) is 28.2 Å². The Labute approximate surface area is 143 Å². The molecule has 5 heteroatoms. The molecule has 0 saturated heterocycles. The summed E-state index contributed by atoms with van der Waals surface area (Å²) >= 11 is 3.29. The van der Waals surface area contributed by atoms with Gasteiger partial charge in [0, 0.05) is 15.7 Å². The van der Waals surface area contributed by atoms with Gasteiger partial charge in [0.05, 0.1) is 0 Å². The molecule has 0 fully saturated rings. The molecule has 2 aromatic carbocycles. The molecule has 0 saturated carbocycles. The topological polar surface area (TPSA) is 73.1 Å². The smallest absolute Gasteiger partial charge is 0.266 e. The molecule has 0 aliphatic rings. The molecule has 0 atom stereocenters. The Morgan fingerprint density at radius 1 is 1.30 bits per heavy atom. The highest BCUT2D eigenvalue weighted by Crippen LogP contribution is 2.24. The standard InChI is InChI=1S/C18H15BrN2O2/c1-2-12-3-6-16(7-4-12)21-18(23)14(11-20)9-13-10-15(19)5-8-17(13)22/h3-10,22H,2H2,1H3,(H,21,23)/b14-9+. The number of hydrogen-bond donors (Lipinski definition) is 2. The maximum absolute atomic E-state index is 12.2. The van der Waals surface area contributed by atoms with Crippen LogP contribution in [0, 0.1) is 11.3 Å². The number of nitrogens with zero attached hydrogens (tertiary/aromatic N) is 1. The van der Waals surface area contributed by atoms with Gasteiger partial charge in [-0.25, -0.2) is 0 Å². The maximum Gasteiger partial charge on any atom is 0.266 e. The minimum absolute atomic E-state index is 0.000971. The first-order valence-corrected chi connectivity index (χ1v) is 7.83. The van der Waals surface area contributed by atoms with Crippen molar-refractivity contribution in [2.24, 2.45) is 0 Å². The van der Waals surface area contributed by atoms with Gasteiger partial charge in [0.25, 0.3) is 5.91 Å². The molecular formula is C18H15BrN2O2. The molecule has 23 heavy (non-hydrogen) atoms. The molecule has 2 N–H and O–H groups in total. The number of rotatable bonds is 4. The van der Waals surface area contributed by atoms with Crippen LogP contribution in [0.4, 0.5) is 5.69 Å². The van der Waals surface area contributed by atoms with E-state index in [1.807, 2.05) is 18.2 Å². The highest BCUT2D eigenvalue weighted by Gasteiger charge is 2.11. The minimum atomic E-state index is -0.517. The molecule has 0 bridgehead atoms. The van der Waals surface area contributed by atoms with E-state index in [1.165, 1.54) is 12.1 Å². The van der Waals surface area contributed by atoms with E-state index < -0.39 is 5.91 Å². The molecule has 116 valence electrons. The summed E-state index contributed by atoms with van der Waals surface area (Å²) in [6.45, 7) is 2.05. The lowest BCUT2D eigenvalue weighted by molar-refractivity contribution is -0.112. The number of benzene rings is 2. The number of hydrogen-bond acceptors (Lipinski definition) is 3. The van der Waals surface area contributed by atoms with Gasteiger partial charge in [-0.1, -0.05) is 35.0 Å². The molecule has 0 heterocycles. The summed E-state index contributed by atoms with van der Waals surface area (Å²) in [6.07, 6.45) is 2.27. The number of aryl methyl sites for hydroxylation is 1. The Kier molecular flexibility index (Phi) is 5.56. The zero-order valence-electron chi connectivity index (χ0n) is 12.5.